The molecule has 1 saturated carbocycles. The SMILES string of the molecule is COc1cc(-c2nc3ccccc3[nH]2)c(Br)cc1OCC(=O)NC1CCCCC1. The number of hydrogen-bond donors (Lipinski definition) is 2. The van der Waals surface area contributed by atoms with Crippen molar-refractivity contribution < 1.29 is 14.3 Å². The molecular weight excluding hydrogens is 434 g/mol. The van der Waals surface area contributed by atoms with Gasteiger partial charge in [-0.3, -0.25) is 4.79 Å². The van der Waals surface area contributed by atoms with Crippen molar-refractivity contribution in [1.29, 1.82) is 0 Å². The normalized spacial score (nSPS) is 14.7. The van der Waals surface area contributed by atoms with Gasteiger partial charge in [-0.1, -0.05) is 31.4 Å². The Balaban J connectivity index is 1.49. The maximum Gasteiger partial charge on any atom is 0.258 e. The zero-order chi connectivity index (χ0) is 20.2. The number of para-hydroxylation sites is 2. The lowest BCUT2D eigenvalue weighted by Crippen LogP contribution is -2.39. The minimum absolute atomic E-state index is 0.0384. The number of ether oxygens (including phenoxy) is 2. The van der Waals surface area contributed by atoms with Gasteiger partial charge in [0, 0.05) is 16.1 Å². The molecule has 1 amide bonds. The van der Waals surface area contributed by atoms with E-state index in [-0.39, 0.29) is 18.6 Å². The number of carbonyl (C=O) groups excluding carboxylic acids is 1. The average molecular weight is 458 g/mol. The molecule has 1 heterocycles. The molecule has 152 valence electrons. The topological polar surface area (TPSA) is 76.2 Å². The summed E-state index contributed by atoms with van der Waals surface area (Å²) >= 11 is 3.60. The van der Waals surface area contributed by atoms with Gasteiger partial charge in [-0.15, -0.1) is 0 Å². The van der Waals surface area contributed by atoms with E-state index < -0.39 is 0 Å². The Morgan fingerprint density at radius 3 is 2.76 bits per heavy atom. The van der Waals surface area contributed by atoms with Gasteiger partial charge in [0.15, 0.2) is 18.1 Å². The zero-order valence-electron chi connectivity index (χ0n) is 16.3. The van der Waals surface area contributed by atoms with Crippen molar-refractivity contribution in [2.75, 3.05) is 13.7 Å². The second-order valence-electron chi connectivity index (χ2n) is 7.28. The highest BCUT2D eigenvalue weighted by Crippen LogP contribution is 2.38. The van der Waals surface area contributed by atoms with Crippen LogP contribution in [0.15, 0.2) is 40.9 Å². The number of carbonyl (C=O) groups is 1. The van der Waals surface area contributed by atoms with Crippen molar-refractivity contribution in [3.63, 3.8) is 0 Å². The van der Waals surface area contributed by atoms with Crippen LogP contribution in [0.4, 0.5) is 0 Å². The summed E-state index contributed by atoms with van der Waals surface area (Å²) < 4.78 is 12.1. The van der Waals surface area contributed by atoms with E-state index in [0.717, 1.165) is 39.7 Å². The molecule has 0 radical (unpaired) electrons. The van der Waals surface area contributed by atoms with E-state index in [1.54, 1.807) is 7.11 Å². The molecule has 7 heteroatoms. The fourth-order valence-electron chi connectivity index (χ4n) is 3.73. The van der Waals surface area contributed by atoms with E-state index in [1.807, 2.05) is 36.4 Å². The molecule has 4 rings (SSSR count). The van der Waals surface area contributed by atoms with E-state index >= 15 is 0 Å². The molecule has 0 bridgehead atoms. The lowest BCUT2D eigenvalue weighted by molar-refractivity contribution is -0.124. The molecule has 3 aromatic rings. The third-order valence-electron chi connectivity index (χ3n) is 5.23. The minimum Gasteiger partial charge on any atom is -0.493 e. The third kappa shape index (κ3) is 4.56. The lowest BCUT2D eigenvalue weighted by atomic mass is 9.95. The van der Waals surface area contributed by atoms with Crippen molar-refractivity contribution in [2.24, 2.45) is 0 Å². The quantitative estimate of drug-likeness (QED) is 0.555. The minimum atomic E-state index is -0.101. The maximum absolute atomic E-state index is 12.3. The molecule has 0 saturated heterocycles. The third-order valence-corrected chi connectivity index (χ3v) is 5.88. The monoisotopic (exact) mass is 457 g/mol. The van der Waals surface area contributed by atoms with Crippen molar-refractivity contribution in [3.05, 3.63) is 40.9 Å². The number of hydrogen-bond acceptors (Lipinski definition) is 4. The predicted octanol–water partition coefficient (Wildman–Crippen LogP) is 4.83. The number of rotatable bonds is 6. The Kier molecular flexibility index (Phi) is 6.04. The molecule has 1 aliphatic rings. The van der Waals surface area contributed by atoms with Crippen molar-refractivity contribution >= 4 is 32.9 Å². The summed E-state index contributed by atoms with van der Waals surface area (Å²) in [5.41, 5.74) is 2.72. The fraction of sp³-hybridized carbons (Fsp3) is 0.364. The summed E-state index contributed by atoms with van der Waals surface area (Å²) in [4.78, 5) is 20.2. The second kappa shape index (κ2) is 8.86. The number of halogens is 1. The van der Waals surface area contributed by atoms with Crippen LogP contribution in [0, 0.1) is 0 Å². The molecule has 0 aliphatic heterocycles. The van der Waals surface area contributed by atoms with Gasteiger partial charge in [-0.25, -0.2) is 4.98 Å². The Morgan fingerprint density at radius 2 is 2.00 bits per heavy atom. The lowest BCUT2D eigenvalue weighted by Gasteiger charge is -2.22. The van der Waals surface area contributed by atoms with E-state index in [1.165, 1.54) is 19.3 Å². The highest BCUT2D eigenvalue weighted by molar-refractivity contribution is 9.10. The van der Waals surface area contributed by atoms with Crippen LogP contribution in [0.1, 0.15) is 32.1 Å². The van der Waals surface area contributed by atoms with Crippen LogP contribution in [0.5, 0.6) is 11.5 Å². The van der Waals surface area contributed by atoms with Crippen LogP contribution in [0.2, 0.25) is 0 Å². The highest BCUT2D eigenvalue weighted by atomic mass is 79.9. The summed E-state index contributed by atoms with van der Waals surface area (Å²) in [5.74, 6) is 1.70. The first-order valence-corrected chi connectivity index (χ1v) is 10.7. The molecule has 2 aromatic carbocycles. The highest BCUT2D eigenvalue weighted by Gasteiger charge is 2.18. The van der Waals surface area contributed by atoms with E-state index in [9.17, 15) is 4.79 Å². The summed E-state index contributed by atoms with van der Waals surface area (Å²) in [7, 11) is 1.58. The number of imidazole rings is 1. The zero-order valence-corrected chi connectivity index (χ0v) is 17.9. The average Bonchev–Trinajstić information content (AvgIpc) is 3.17. The molecule has 2 N–H and O–H groups in total. The van der Waals surface area contributed by atoms with Crippen LogP contribution in [0.3, 0.4) is 0 Å². The summed E-state index contributed by atoms with van der Waals surface area (Å²) in [6.07, 6.45) is 5.71. The molecule has 1 aliphatic carbocycles. The summed E-state index contributed by atoms with van der Waals surface area (Å²) in [6, 6.07) is 11.8. The summed E-state index contributed by atoms with van der Waals surface area (Å²) in [5, 5.41) is 3.06. The van der Waals surface area contributed by atoms with Crippen LogP contribution >= 0.6 is 15.9 Å². The molecule has 6 nitrogen and oxygen atoms in total. The predicted molar refractivity (Wildman–Crippen MR) is 116 cm³/mol. The van der Waals surface area contributed by atoms with Crippen molar-refractivity contribution in [2.45, 2.75) is 38.1 Å². The molecule has 1 fully saturated rings. The number of aromatic nitrogens is 2. The Labute approximate surface area is 178 Å². The largest absolute Gasteiger partial charge is 0.493 e. The number of aromatic amines is 1. The van der Waals surface area contributed by atoms with Crippen LogP contribution in [0.25, 0.3) is 22.4 Å². The Bertz CT molecular complexity index is 979. The van der Waals surface area contributed by atoms with Gasteiger partial charge in [0.05, 0.1) is 18.1 Å². The number of methoxy groups -OCH3 is 1. The van der Waals surface area contributed by atoms with Crippen molar-refractivity contribution in [3.8, 4) is 22.9 Å². The molecule has 29 heavy (non-hydrogen) atoms. The number of fused-ring (bicyclic) bond motifs is 1. The van der Waals surface area contributed by atoms with Gasteiger partial charge < -0.3 is 19.8 Å². The Morgan fingerprint density at radius 1 is 1.21 bits per heavy atom. The van der Waals surface area contributed by atoms with E-state index in [2.05, 4.69) is 31.2 Å². The van der Waals surface area contributed by atoms with Gasteiger partial charge in [0.2, 0.25) is 0 Å². The fourth-order valence-corrected chi connectivity index (χ4v) is 4.24. The first-order chi connectivity index (χ1) is 14.1. The number of H-pyrrole nitrogens is 1. The van der Waals surface area contributed by atoms with Gasteiger partial charge in [0.1, 0.15) is 5.82 Å². The number of nitrogens with one attached hydrogen (secondary N) is 2. The second-order valence-corrected chi connectivity index (χ2v) is 8.13. The standard InChI is InChI=1S/C22H24BrN3O3/c1-28-19-11-15(22-25-17-9-5-6-10-18(17)26-22)16(23)12-20(19)29-13-21(27)24-14-7-3-2-4-8-14/h5-6,9-12,14H,2-4,7-8,13H2,1H3,(H,24,27)(H,25,26). The number of amides is 1. The first-order valence-electron chi connectivity index (χ1n) is 9.89. The molecule has 1 aromatic heterocycles. The summed E-state index contributed by atoms with van der Waals surface area (Å²) in [6.45, 7) is -0.0384. The van der Waals surface area contributed by atoms with Gasteiger partial charge in [-0.05, 0) is 53.0 Å². The van der Waals surface area contributed by atoms with Gasteiger partial charge in [0.25, 0.3) is 5.91 Å². The Hall–Kier alpha value is -2.54. The van der Waals surface area contributed by atoms with Crippen LogP contribution < -0.4 is 14.8 Å². The number of benzene rings is 2. The van der Waals surface area contributed by atoms with Crippen molar-refractivity contribution in [1.82, 2.24) is 15.3 Å². The molecular formula is C22H24BrN3O3. The van der Waals surface area contributed by atoms with Gasteiger partial charge in [-0.2, -0.15) is 0 Å². The molecule has 0 spiro atoms. The van der Waals surface area contributed by atoms with E-state index in [4.69, 9.17) is 9.47 Å². The molecule has 0 atom stereocenters. The van der Waals surface area contributed by atoms with Crippen LogP contribution in [-0.2, 0) is 4.79 Å². The smallest absolute Gasteiger partial charge is 0.258 e. The maximum atomic E-state index is 12.3. The van der Waals surface area contributed by atoms with Gasteiger partial charge >= 0.3 is 0 Å². The van der Waals surface area contributed by atoms with Crippen LogP contribution in [-0.4, -0.2) is 35.6 Å². The van der Waals surface area contributed by atoms with E-state index in [0.29, 0.717) is 11.5 Å². The molecule has 0 unspecified atom stereocenters. The first kappa shape index (κ1) is 19.8. The number of nitrogens with zero attached hydrogens (tertiary/aromatic N) is 1.